The second-order valence-corrected chi connectivity index (χ2v) is 7.98. The zero-order chi connectivity index (χ0) is 18.1. The number of halogens is 2. The fraction of sp³-hybridized carbons (Fsp3) is 0.263. The van der Waals surface area contributed by atoms with Crippen LogP contribution in [0, 0.1) is 0 Å². The largest absolute Gasteiger partial charge is 0.377 e. The monoisotopic (exact) mass is 406 g/mol. The summed E-state index contributed by atoms with van der Waals surface area (Å²) >= 11 is 13.6. The molecule has 1 atom stereocenters. The van der Waals surface area contributed by atoms with Crippen molar-refractivity contribution in [1.82, 2.24) is 9.55 Å². The fourth-order valence-electron chi connectivity index (χ4n) is 3.00. The first-order valence-corrected chi connectivity index (χ1v) is 10.1. The van der Waals surface area contributed by atoms with Crippen molar-refractivity contribution >= 4 is 45.9 Å². The highest BCUT2D eigenvalue weighted by Gasteiger charge is 2.19. The van der Waals surface area contributed by atoms with Crippen LogP contribution in [0.4, 0.5) is 0 Å². The molecule has 0 spiro atoms. The molecule has 0 aliphatic carbocycles. The molecule has 4 nitrogen and oxygen atoms in total. The van der Waals surface area contributed by atoms with Crippen LogP contribution in [0.1, 0.15) is 12.8 Å². The van der Waals surface area contributed by atoms with Crippen LogP contribution in [0.3, 0.4) is 0 Å². The Balaban J connectivity index is 1.83. The van der Waals surface area contributed by atoms with E-state index >= 15 is 0 Å². The number of rotatable bonds is 4. The van der Waals surface area contributed by atoms with E-state index in [-0.39, 0.29) is 11.7 Å². The Morgan fingerprint density at radius 2 is 1.92 bits per heavy atom. The molecule has 2 aromatic carbocycles. The topological polar surface area (TPSA) is 44.1 Å². The van der Waals surface area contributed by atoms with Crippen LogP contribution in [0.2, 0.25) is 10.0 Å². The SMILES string of the molecule is O=c1c2ccc(Cl)cc2nc(SC[C@H]2CCCO2)n1-c1ccc(Cl)cc1. The number of ether oxygens (including phenoxy) is 1. The number of nitrogens with zero attached hydrogens (tertiary/aromatic N) is 2. The number of thioether (sulfide) groups is 1. The molecule has 1 aromatic heterocycles. The Morgan fingerprint density at radius 1 is 1.15 bits per heavy atom. The summed E-state index contributed by atoms with van der Waals surface area (Å²) in [7, 11) is 0. The van der Waals surface area contributed by atoms with Gasteiger partial charge >= 0.3 is 0 Å². The molecular formula is C19H16Cl2N2O2S. The minimum atomic E-state index is -0.121. The van der Waals surface area contributed by atoms with Crippen LogP contribution in [-0.4, -0.2) is 28.0 Å². The van der Waals surface area contributed by atoms with E-state index in [1.54, 1.807) is 34.9 Å². The highest BCUT2D eigenvalue weighted by molar-refractivity contribution is 7.99. The van der Waals surface area contributed by atoms with Gasteiger partial charge in [0.05, 0.1) is 22.7 Å². The number of aromatic nitrogens is 2. The van der Waals surface area contributed by atoms with E-state index in [4.69, 9.17) is 32.9 Å². The maximum absolute atomic E-state index is 13.1. The molecule has 0 N–H and O–H groups in total. The normalized spacial score (nSPS) is 17.1. The van der Waals surface area contributed by atoms with Crippen molar-refractivity contribution in [1.29, 1.82) is 0 Å². The molecular weight excluding hydrogens is 391 g/mol. The summed E-state index contributed by atoms with van der Waals surface area (Å²) in [4.78, 5) is 17.9. The predicted molar refractivity (Wildman–Crippen MR) is 107 cm³/mol. The molecule has 0 saturated carbocycles. The molecule has 26 heavy (non-hydrogen) atoms. The Bertz CT molecular complexity index is 999. The summed E-state index contributed by atoms with van der Waals surface area (Å²) < 4.78 is 7.33. The van der Waals surface area contributed by atoms with E-state index in [1.807, 2.05) is 12.1 Å². The fourth-order valence-corrected chi connectivity index (χ4v) is 4.37. The van der Waals surface area contributed by atoms with E-state index < -0.39 is 0 Å². The van der Waals surface area contributed by atoms with Crippen molar-refractivity contribution in [2.45, 2.75) is 24.1 Å². The average Bonchev–Trinajstić information content (AvgIpc) is 3.14. The summed E-state index contributed by atoms with van der Waals surface area (Å²) in [5.41, 5.74) is 1.21. The molecule has 1 aliphatic rings. The Labute approximate surface area is 165 Å². The molecule has 0 unspecified atom stereocenters. The smallest absolute Gasteiger partial charge is 0.266 e. The van der Waals surface area contributed by atoms with Crippen LogP contribution in [0.15, 0.2) is 52.4 Å². The van der Waals surface area contributed by atoms with Gasteiger partial charge in [0.25, 0.3) is 5.56 Å². The molecule has 1 saturated heterocycles. The molecule has 2 heterocycles. The van der Waals surface area contributed by atoms with Crippen LogP contribution < -0.4 is 5.56 Å². The lowest BCUT2D eigenvalue weighted by Gasteiger charge is -2.15. The predicted octanol–water partition coefficient (Wildman–Crippen LogP) is 4.96. The van der Waals surface area contributed by atoms with Crippen LogP contribution in [0.5, 0.6) is 0 Å². The number of hydrogen-bond donors (Lipinski definition) is 0. The van der Waals surface area contributed by atoms with Gasteiger partial charge in [-0.1, -0.05) is 35.0 Å². The lowest BCUT2D eigenvalue weighted by molar-refractivity contribution is 0.129. The van der Waals surface area contributed by atoms with Gasteiger partial charge in [-0.2, -0.15) is 0 Å². The van der Waals surface area contributed by atoms with E-state index in [0.29, 0.717) is 26.1 Å². The summed E-state index contributed by atoms with van der Waals surface area (Å²) in [6, 6.07) is 12.3. The van der Waals surface area contributed by atoms with Gasteiger partial charge in [-0.3, -0.25) is 9.36 Å². The van der Waals surface area contributed by atoms with Gasteiger partial charge in [0.15, 0.2) is 5.16 Å². The molecule has 3 aromatic rings. The van der Waals surface area contributed by atoms with Crippen LogP contribution >= 0.6 is 35.0 Å². The Morgan fingerprint density at radius 3 is 2.65 bits per heavy atom. The molecule has 7 heteroatoms. The molecule has 0 bridgehead atoms. The van der Waals surface area contributed by atoms with Gasteiger partial charge in [-0.25, -0.2) is 4.98 Å². The summed E-state index contributed by atoms with van der Waals surface area (Å²) in [5, 5.41) is 2.34. The number of benzene rings is 2. The third-order valence-corrected chi connectivity index (χ3v) is 5.87. The maximum atomic E-state index is 13.1. The molecule has 0 amide bonds. The summed E-state index contributed by atoms with van der Waals surface area (Å²) in [5.74, 6) is 0.756. The molecule has 134 valence electrons. The Hall–Kier alpha value is -1.53. The van der Waals surface area contributed by atoms with Crippen LogP contribution in [0.25, 0.3) is 16.6 Å². The third kappa shape index (κ3) is 3.62. The summed E-state index contributed by atoms with van der Waals surface area (Å²) in [6.07, 6.45) is 2.32. The van der Waals surface area contributed by atoms with E-state index in [2.05, 4.69) is 0 Å². The van der Waals surface area contributed by atoms with Crippen molar-refractivity contribution in [2.24, 2.45) is 0 Å². The third-order valence-electron chi connectivity index (χ3n) is 4.31. The van der Waals surface area contributed by atoms with Gasteiger partial charge in [0.1, 0.15) is 0 Å². The standard InChI is InChI=1S/C19H16Cl2N2O2S/c20-12-3-6-14(7-4-12)23-18(24)16-8-5-13(21)10-17(16)22-19(23)26-11-15-2-1-9-25-15/h3-8,10,15H,1-2,9,11H2/t15-/m1/s1. The first-order valence-electron chi connectivity index (χ1n) is 8.34. The van der Waals surface area contributed by atoms with Crippen molar-refractivity contribution in [3.05, 3.63) is 62.9 Å². The highest BCUT2D eigenvalue weighted by atomic mass is 35.5. The lowest BCUT2D eigenvalue weighted by Crippen LogP contribution is -2.22. The molecule has 1 fully saturated rings. The number of hydrogen-bond acceptors (Lipinski definition) is 4. The highest BCUT2D eigenvalue weighted by Crippen LogP contribution is 2.26. The van der Waals surface area contributed by atoms with E-state index in [1.165, 1.54) is 11.8 Å². The molecule has 0 radical (unpaired) electrons. The maximum Gasteiger partial charge on any atom is 0.266 e. The van der Waals surface area contributed by atoms with Gasteiger partial charge in [-0.05, 0) is 55.3 Å². The molecule has 1 aliphatic heterocycles. The second-order valence-electron chi connectivity index (χ2n) is 6.12. The van der Waals surface area contributed by atoms with Crippen molar-refractivity contribution in [3.63, 3.8) is 0 Å². The lowest BCUT2D eigenvalue weighted by atomic mass is 10.2. The van der Waals surface area contributed by atoms with Gasteiger partial charge < -0.3 is 4.74 Å². The Kier molecular flexibility index (Phi) is 5.23. The van der Waals surface area contributed by atoms with Crippen molar-refractivity contribution < 1.29 is 4.74 Å². The minimum Gasteiger partial charge on any atom is -0.377 e. The van der Waals surface area contributed by atoms with Crippen molar-refractivity contribution in [3.8, 4) is 5.69 Å². The second kappa shape index (κ2) is 7.61. The van der Waals surface area contributed by atoms with Crippen molar-refractivity contribution in [2.75, 3.05) is 12.4 Å². The van der Waals surface area contributed by atoms with E-state index in [9.17, 15) is 4.79 Å². The van der Waals surface area contributed by atoms with E-state index in [0.717, 1.165) is 30.9 Å². The van der Waals surface area contributed by atoms with Gasteiger partial charge in [0, 0.05) is 22.4 Å². The zero-order valence-electron chi connectivity index (χ0n) is 13.8. The number of fused-ring (bicyclic) bond motifs is 1. The first kappa shape index (κ1) is 17.9. The average molecular weight is 407 g/mol. The first-order chi connectivity index (χ1) is 12.6. The molecule has 4 rings (SSSR count). The zero-order valence-corrected chi connectivity index (χ0v) is 16.2. The van der Waals surface area contributed by atoms with Crippen LogP contribution in [-0.2, 0) is 4.74 Å². The quantitative estimate of drug-likeness (QED) is 0.453. The summed E-state index contributed by atoms with van der Waals surface area (Å²) in [6.45, 7) is 0.802. The van der Waals surface area contributed by atoms with Gasteiger partial charge in [-0.15, -0.1) is 0 Å². The van der Waals surface area contributed by atoms with Gasteiger partial charge in [0.2, 0.25) is 0 Å². The minimum absolute atomic E-state index is 0.121.